The summed E-state index contributed by atoms with van der Waals surface area (Å²) in [5, 5.41) is 25.7. The van der Waals surface area contributed by atoms with Crippen molar-refractivity contribution in [1.29, 1.82) is 0 Å². The lowest BCUT2D eigenvalue weighted by atomic mass is 9.79. The van der Waals surface area contributed by atoms with Gasteiger partial charge in [0.2, 0.25) is 5.91 Å². The maximum absolute atomic E-state index is 12.4. The predicted octanol–water partition coefficient (Wildman–Crippen LogP) is -0.548. The maximum Gasteiger partial charge on any atom is 0.353 e. The Morgan fingerprint density at radius 1 is 1.38 bits per heavy atom. The molecule has 5 heterocycles. The van der Waals surface area contributed by atoms with Crippen molar-refractivity contribution in [2.24, 2.45) is 11.8 Å². The number of nitrogens with zero attached hydrogens (tertiary/aromatic N) is 3. The van der Waals surface area contributed by atoms with E-state index in [-0.39, 0.29) is 46.5 Å². The summed E-state index contributed by atoms with van der Waals surface area (Å²) in [7, 11) is 0. The highest BCUT2D eigenvalue weighted by Gasteiger charge is 2.60. The average Bonchev–Trinajstić information content (AvgIpc) is 3.23. The van der Waals surface area contributed by atoms with Crippen LogP contribution in [0.1, 0.15) is 24.3 Å². The number of thioether (sulfide) groups is 1. The summed E-state index contributed by atoms with van der Waals surface area (Å²) in [5.74, 6) is -2.45. The highest BCUT2D eigenvalue weighted by molar-refractivity contribution is 8.03. The first-order chi connectivity index (χ1) is 15.3. The second-order valence-corrected chi connectivity index (χ2v) is 10.1. The molecule has 32 heavy (non-hydrogen) atoms. The minimum absolute atomic E-state index is 0.0356. The van der Waals surface area contributed by atoms with Gasteiger partial charge in [-0.05, 0) is 6.92 Å². The SMILES string of the molecule is C[C@@H](O)C1C(=O)N2C(C(=O)O)=C(SC3CN(c4nc(C(=O)NC5CNC5)co4)C3)[C@H](C)C12. The Kier molecular flexibility index (Phi) is 5.18. The van der Waals surface area contributed by atoms with Crippen LogP contribution in [0.5, 0.6) is 0 Å². The quantitative estimate of drug-likeness (QED) is 0.388. The monoisotopic (exact) mass is 463 g/mol. The predicted molar refractivity (Wildman–Crippen MR) is 114 cm³/mol. The molecule has 11 nitrogen and oxygen atoms in total. The van der Waals surface area contributed by atoms with Crippen LogP contribution in [0.25, 0.3) is 0 Å². The van der Waals surface area contributed by atoms with Crippen LogP contribution in [0.4, 0.5) is 6.01 Å². The number of oxazole rings is 1. The van der Waals surface area contributed by atoms with Gasteiger partial charge in [0.05, 0.1) is 24.1 Å². The molecule has 1 aromatic heterocycles. The van der Waals surface area contributed by atoms with Gasteiger partial charge in [-0.1, -0.05) is 6.92 Å². The molecular formula is C20H25N5O6S. The second-order valence-electron chi connectivity index (χ2n) is 8.76. The summed E-state index contributed by atoms with van der Waals surface area (Å²) in [5.41, 5.74) is 0.267. The fourth-order valence-corrected chi connectivity index (χ4v) is 6.21. The minimum Gasteiger partial charge on any atom is -0.477 e. The van der Waals surface area contributed by atoms with Gasteiger partial charge in [-0.2, -0.15) is 4.98 Å². The molecule has 172 valence electrons. The lowest BCUT2D eigenvalue weighted by Crippen LogP contribution is -2.63. The Balaban J connectivity index is 1.22. The summed E-state index contributed by atoms with van der Waals surface area (Å²) >= 11 is 1.46. The van der Waals surface area contributed by atoms with Crippen molar-refractivity contribution >= 4 is 35.6 Å². The van der Waals surface area contributed by atoms with Gasteiger partial charge in [0.15, 0.2) is 5.69 Å². The number of aliphatic carboxylic acids is 1. The number of carboxylic acid groups (broad SMARTS) is 1. The zero-order valence-electron chi connectivity index (χ0n) is 17.6. The van der Waals surface area contributed by atoms with E-state index >= 15 is 0 Å². The fourth-order valence-electron chi connectivity index (χ4n) is 4.69. The van der Waals surface area contributed by atoms with Gasteiger partial charge >= 0.3 is 5.97 Å². The number of nitrogens with one attached hydrogen (secondary N) is 2. The average molecular weight is 464 g/mol. The van der Waals surface area contributed by atoms with E-state index in [0.29, 0.717) is 24.0 Å². The number of aromatic nitrogens is 1. The van der Waals surface area contributed by atoms with E-state index in [0.717, 1.165) is 13.1 Å². The lowest BCUT2D eigenvalue weighted by molar-refractivity contribution is -0.163. The van der Waals surface area contributed by atoms with E-state index in [1.54, 1.807) is 6.92 Å². The Bertz CT molecular complexity index is 998. The van der Waals surface area contributed by atoms with E-state index < -0.39 is 18.0 Å². The molecule has 4 aliphatic rings. The molecule has 4 N–H and O–H groups in total. The highest BCUT2D eigenvalue weighted by atomic mass is 32.2. The first kappa shape index (κ1) is 21.3. The smallest absolute Gasteiger partial charge is 0.353 e. The third-order valence-electron chi connectivity index (χ3n) is 6.56. The highest BCUT2D eigenvalue weighted by Crippen LogP contribution is 2.52. The van der Waals surface area contributed by atoms with Crippen LogP contribution >= 0.6 is 11.8 Å². The maximum atomic E-state index is 12.4. The summed E-state index contributed by atoms with van der Waals surface area (Å²) in [6.07, 6.45) is 0.524. The number of aliphatic hydroxyl groups is 1. The molecule has 0 aromatic carbocycles. The number of hydrogen-bond donors (Lipinski definition) is 4. The number of anilines is 1. The summed E-state index contributed by atoms with van der Waals surface area (Å²) in [6.45, 7) is 6.13. The molecule has 0 bridgehead atoms. The van der Waals surface area contributed by atoms with Crippen LogP contribution in [0.3, 0.4) is 0 Å². The second kappa shape index (κ2) is 7.78. The van der Waals surface area contributed by atoms with E-state index in [1.807, 2.05) is 11.8 Å². The molecule has 2 amide bonds. The van der Waals surface area contributed by atoms with E-state index in [2.05, 4.69) is 15.6 Å². The Hall–Kier alpha value is -2.57. The summed E-state index contributed by atoms with van der Waals surface area (Å²) < 4.78 is 5.46. The Morgan fingerprint density at radius 2 is 2.09 bits per heavy atom. The topological polar surface area (TPSA) is 148 Å². The van der Waals surface area contributed by atoms with Crippen molar-refractivity contribution in [3.05, 3.63) is 22.6 Å². The number of aliphatic hydroxyl groups excluding tert-OH is 1. The van der Waals surface area contributed by atoms with Crippen molar-refractivity contribution in [1.82, 2.24) is 20.5 Å². The molecule has 12 heteroatoms. The largest absolute Gasteiger partial charge is 0.477 e. The first-order valence-electron chi connectivity index (χ1n) is 10.6. The summed E-state index contributed by atoms with van der Waals surface area (Å²) in [4.78, 5) is 44.7. The van der Waals surface area contributed by atoms with Crippen molar-refractivity contribution in [3.63, 3.8) is 0 Å². The molecule has 4 atom stereocenters. The van der Waals surface area contributed by atoms with E-state index in [1.165, 1.54) is 22.9 Å². The molecule has 2 unspecified atom stereocenters. The molecule has 0 spiro atoms. The number of amides is 2. The molecule has 0 saturated carbocycles. The van der Waals surface area contributed by atoms with Gasteiger partial charge in [0, 0.05) is 42.3 Å². The molecular weight excluding hydrogens is 438 g/mol. The first-order valence-corrected chi connectivity index (χ1v) is 11.5. The van der Waals surface area contributed by atoms with Crippen LogP contribution < -0.4 is 15.5 Å². The zero-order valence-corrected chi connectivity index (χ0v) is 18.5. The van der Waals surface area contributed by atoms with Gasteiger partial charge in [0.1, 0.15) is 12.0 Å². The van der Waals surface area contributed by atoms with Crippen molar-refractivity contribution < 1.29 is 29.0 Å². The fraction of sp³-hybridized carbons (Fsp3) is 0.600. The van der Waals surface area contributed by atoms with Crippen LogP contribution in [-0.4, -0.2) is 87.5 Å². The molecule has 0 aliphatic carbocycles. The van der Waals surface area contributed by atoms with E-state index in [9.17, 15) is 24.6 Å². The lowest BCUT2D eigenvalue weighted by Gasteiger charge is -2.46. The van der Waals surface area contributed by atoms with Crippen LogP contribution in [0.2, 0.25) is 0 Å². The Morgan fingerprint density at radius 3 is 2.69 bits per heavy atom. The van der Waals surface area contributed by atoms with Gasteiger partial charge in [-0.15, -0.1) is 11.8 Å². The van der Waals surface area contributed by atoms with Gasteiger partial charge in [-0.3, -0.25) is 9.59 Å². The number of carboxylic acids is 1. The molecule has 0 radical (unpaired) electrons. The number of rotatable bonds is 7. The number of fused-ring (bicyclic) bond motifs is 1. The van der Waals surface area contributed by atoms with Crippen LogP contribution in [0.15, 0.2) is 21.3 Å². The molecule has 3 saturated heterocycles. The van der Waals surface area contributed by atoms with Gasteiger partial charge in [0.25, 0.3) is 11.9 Å². The van der Waals surface area contributed by atoms with E-state index in [4.69, 9.17) is 4.42 Å². The number of carbonyl (C=O) groups is 3. The van der Waals surface area contributed by atoms with Crippen molar-refractivity contribution in [3.8, 4) is 0 Å². The number of hydrogen-bond acceptors (Lipinski definition) is 9. The van der Waals surface area contributed by atoms with Gasteiger partial charge < -0.3 is 35.1 Å². The Labute approximate surface area is 188 Å². The third-order valence-corrected chi connectivity index (χ3v) is 8.02. The molecule has 1 aromatic rings. The zero-order chi connectivity index (χ0) is 22.7. The van der Waals surface area contributed by atoms with Gasteiger partial charge in [-0.25, -0.2) is 4.79 Å². The molecule has 4 aliphatic heterocycles. The third kappa shape index (κ3) is 3.28. The van der Waals surface area contributed by atoms with Crippen molar-refractivity contribution in [2.45, 2.75) is 37.3 Å². The van der Waals surface area contributed by atoms with Crippen molar-refractivity contribution in [2.75, 3.05) is 31.1 Å². The number of β-lactam (4-membered cyclic amide) rings is 1. The standard InChI is InChI=1S/C20H25N5O6S/c1-8-14-13(9(2)26)18(28)25(14)15(19(29)30)16(8)32-11-5-24(6-11)20-23-12(7-31-20)17(27)22-10-3-21-4-10/h7-11,13-14,21,26H,3-6H2,1-2H3,(H,22,27)(H,29,30)/t8-,9-,13?,14?/m1/s1. The minimum atomic E-state index is -1.12. The molecule has 3 fully saturated rings. The van der Waals surface area contributed by atoms with Crippen LogP contribution in [-0.2, 0) is 9.59 Å². The summed E-state index contributed by atoms with van der Waals surface area (Å²) in [6, 6.07) is 0.161. The number of carbonyl (C=O) groups excluding carboxylic acids is 2. The van der Waals surface area contributed by atoms with Crippen LogP contribution in [0, 0.1) is 11.8 Å². The molecule has 5 rings (SSSR count). The normalized spacial score (nSPS) is 28.7.